The molecule has 2 heterocycles. The molecule has 0 unspecified atom stereocenters. The molecule has 1 N–H and O–H groups in total. The number of nitrogens with zero attached hydrogens (tertiary/aromatic N) is 4. The Labute approximate surface area is 212 Å². The molecule has 12 heteroatoms. The van der Waals surface area contributed by atoms with Crippen molar-refractivity contribution in [3.8, 4) is 11.4 Å². The van der Waals surface area contributed by atoms with Crippen LogP contribution < -0.4 is 10.1 Å². The highest BCUT2D eigenvalue weighted by Crippen LogP contribution is 2.40. The number of fused-ring (bicyclic) bond motifs is 2. The number of aromatic nitrogens is 3. The van der Waals surface area contributed by atoms with Crippen molar-refractivity contribution in [3.63, 3.8) is 0 Å². The molecule has 0 fully saturated rings. The molecule has 0 aliphatic rings. The fraction of sp³-hybridized carbons (Fsp3) is 0.0870. The van der Waals surface area contributed by atoms with Crippen molar-refractivity contribution in [1.29, 1.82) is 0 Å². The first-order valence-corrected chi connectivity index (χ1v) is 11.7. The number of nitro groups is 1. The van der Waals surface area contributed by atoms with Crippen LogP contribution in [0.25, 0.3) is 26.8 Å². The number of carbonyl (C=O) groups is 1. The van der Waals surface area contributed by atoms with Gasteiger partial charge in [0.05, 0.1) is 27.8 Å². The second kappa shape index (κ2) is 8.81. The van der Waals surface area contributed by atoms with E-state index >= 15 is 0 Å². The van der Waals surface area contributed by atoms with E-state index in [2.05, 4.69) is 15.5 Å². The molecule has 0 radical (unpaired) electrons. The van der Waals surface area contributed by atoms with Crippen molar-refractivity contribution in [2.75, 3.05) is 12.4 Å². The standard InChI is InChI=1S/C23H15Cl2N5O4S/c1-11-8-16-17(28-29(27-16)12-6-7-19(34-2)14(24)9-12)10-15(11)26-23(31)22-20(25)13-4-3-5-18(30(32)33)21(13)35-22/h3-10H,1-2H3,(H,26,31). The van der Waals surface area contributed by atoms with Gasteiger partial charge >= 0.3 is 0 Å². The van der Waals surface area contributed by atoms with E-state index in [1.165, 1.54) is 24.0 Å². The van der Waals surface area contributed by atoms with Crippen LogP contribution in [-0.2, 0) is 0 Å². The summed E-state index contributed by atoms with van der Waals surface area (Å²) in [7, 11) is 1.53. The Balaban J connectivity index is 1.49. The Morgan fingerprint density at radius 2 is 1.89 bits per heavy atom. The highest BCUT2D eigenvalue weighted by atomic mass is 35.5. The quantitative estimate of drug-likeness (QED) is 0.208. The molecule has 0 aliphatic heterocycles. The summed E-state index contributed by atoms with van der Waals surface area (Å²) in [5.74, 6) is 0.0699. The van der Waals surface area contributed by atoms with Gasteiger partial charge in [-0.3, -0.25) is 14.9 Å². The number of nitro benzene ring substituents is 1. The van der Waals surface area contributed by atoms with Gasteiger partial charge in [-0.05, 0) is 42.8 Å². The van der Waals surface area contributed by atoms with Gasteiger partial charge in [-0.2, -0.15) is 4.80 Å². The van der Waals surface area contributed by atoms with Crippen LogP contribution in [-0.4, -0.2) is 32.9 Å². The summed E-state index contributed by atoms with van der Waals surface area (Å²) in [6, 6.07) is 13.3. The van der Waals surface area contributed by atoms with E-state index in [1.54, 1.807) is 36.4 Å². The number of anilines is 1. The lowest BCUT2D eigenvalue weighted by atomic mass is 10.1. The first-order valence-electron chi connectivity index (χ1n) is 10.1. The third kappa shape index (κ3) is 4.05. The number of hydrogen-bond donors (Lipinski definition) is 1. The molecule has 0 saturated heterocycles. The predicted octanol–water partition coefficient (Wildman–Crippen LogP) is 6.42. The Bertz CT molecular complexity index is 1660. The molecule has 5 aromatic rings. The first kappa shape index (κ1) is 23.0. The number of thiophene rings is 1. The van der Waals surface area contributed by atoms with E-state index in [1.807, 2.05) is 6.92 Å². The van der Waals surface area contributed by atoms with Gasteiger partial charge in [0.15, 0.2) is 0 Å². The molecule has 35 heavy (non-hydrogen) atoms. The molecule has 0 atom stereocenters. The molecule has 0 aliphatic carbocycles. The van der Waals surface area contributed by atoms with Gasteiger partial charge in [-0.25, -0.2) is 0 Å². The Hall–Kier alpha value is -3.73. The number of nitrogens with one attached hydrogen (secondary N) is 1. The molecule has 9 nitrogen and oxygen atoms in total. The second-order valence-corrected chi connectivity index (χ2v) is 9.38. The number of benzene rings is 3. The number of aryl methyl sites for hydroxylation is 1. The summed E-state index contributed by atoms with van der Waals surface area (Å²) in [4.78, 5) is 25.6. The summed E-state index contributed by atoms with van der Waals surface area (Å²) in [5, 5.41) is 24.3. The third-order valence-electron chi connectivity index (χ3n) is 5.38. The SMILES string of the molecule is COc1ccc(-n2nc3cc(C)c(NC(=O)c4sc5c([N+](=O)[O-])cccc5c4Cl)cc3n2)cc1Cl. The number of carbonyl (C=O) groups excluding carboxylic acids is 1. The number of hydrogen-bond acceptors (Lipinski definition) is 7. The topological polar surface area (TPSA) is 112 Å². The van der Waals surface area contributed by atoms with Crippen LogP contribution in [0, 0.1) is 17.0 Å². The fourth-order valence-electron chi connectivity index (χ4n) is 3.64. The van der Waals surface area contributed by atoms with Gasteiger partial charge in [0.1, 0.15) is 26.4 Å². The fourth-order valence-corrected chi connectivity index (χ4v) is 5.38. The zero-order chi connectivity index (χ0) is 24.9. The Morgan fingerprint density at radius 3 is 2.57 bits per heavy atom. The first-order chi connectivity index (χ1) is 16.8. The number of amides is 1. The summed E-state index contributed by atoms with van der Waals surface area (Å²) in [6.07, 6.45) is 0. The molecule has 0 saturated carbocycles. The van der Waals surface area contributed by atoms with Crippen LogP contribution in [0.1, 0.15) is 15.2 Å². The number of halogens is 2. The lowest BCUT2D eigenvalue weighted by Gasteiger charge is -2.07. The summed E-state index contributed by atoms with van der Waals surface area (Å²) >= 11 is 13.6. The van der Waals surface area contributed by atoms with E-state index in [4.69, 9.17) is 27.9 Å². The van der Waals surface area contributed by atoms with Crippen molar-refractivity contribution in [2.24, 2.45) is 0 Å². The summed E-state index contributed by atoms with van der Waals surface area (Å²) in [6.45, 7) is 1.83. The molecular weight excluding hydrogens is 513 g/mol. The van der Waals surface area contributed by atoms with Crippen LogP contribution >= 0.6 is 34.5 Å². The lowest BCUT2D eigenvalue weighted by molar-refractivity contribution is -0.382. The van der Waals surface area contributed by atoms with Gasteiger partial charge in [0.2, 0.25) is 0 Å². The average molecular weight is 528 g/mol. The Morgan fingerprint density at radius 1 is 1.14 bits per heavy atom. The average Bonchev–Trinajstić information content (AvgIpc) is 3.39. The molecule has 0 spiro atoms. The highest BCUT2D eigenvalue weighted by molar-refractivity contribution is 7.22. The Kier molecular flexibility index (Phi) is 5.79. The summed E-state index contributed by atoms with van der Waals surface area (Å²) in [5.41, 5.74) is 3.01. The summed E-state index contributed by atoms with van der Waals surface area (Å²) < 4.78 is 5.53. The van der Waals surface area contributed by atoms with Crippen molar-refractivity contribution < 1.29 is 14.5 Å². The normalized spacial score (nSPS) is 11.2. The minimum atomic E-state index is -0.492. The second-order valence-electron chi connectivity index (χ2n) is 7.57. The van der Waals surface area contributed by atoms with Gasteiger partial charge in [-0.15, -0.1) is 21.5 Å². The van der Waals surface area contributed by atoms with Gasteiger partial charge in [0.25, 0.3) is 11.6 Å². The van der Waals surface area contributed by atoms with E-state index in [0.717, 1.165) is 16.9 Å². The van der Waals surface area contributed by atoms with Crippen LogP contribution in [0.2, 0.25) is 10.0 Å². The molecule has 5 rings (SSSR count). The minimum Gasteiger partial charge on any atom is -0.495 e. The predicted molar refractivity (Wildman–Crippen MR) is 137 cm³/mol. The molecule has 1 amide bonds. The van der Waals surface area contributed by atoms with E-state index < -0.39 is 10.8 Å². The highest BCUT2D eigenvalue weighted by Gasteiger charge is 2.23. The zero-order valence-corrected chi connectivity index (χ0v) is 20.5. The lowest BCUT2D eigenvalue weighted by Crippen LogP contribution is -2.11. The largest absolute Gasteiger partial charge is 0.495 e. The zero-order valence-electron chi connectivity index (χ0n) is 18.2. The minimum absolute atomic E-state index is 0.0960. The molecule has 0 bridgehead atoms. The van der Waals surface area contributed by atoms with Crippen LogP contribution in [0.5, 0.6) is 5.75 Å². The molecule has 2 aromatic heterocycles. The van der Waals surface area contributed by atoms with E-state index in [0.29, 0.717) is 43.3 Å². The monoisotopic (exact) mass is 527 g/mol. The van der Waals surface area contributed by atoms with Crippen molar-refractivity contribution in [3.05, 3.63) is 79.1 Å². The number of rotatable bonds is 5. The van der Waals surface area contributed by atoms with E-state index in [9.17, 15) is 14.9 Å². The maximum absolute atomic E-state index is 13.1. The number of methoxy groups -OCH3 is 1. The van der Waals surface area contributed by atoms with Crippen molar-refractivity contribution in [2.45, 2.75) is 6.92 Å². The van der Waals surface area contributed by atoms with Crippen LogP contribution in [0.15, 0.2) is 48.5 Å². The number of non-ortho nitro benzene ring substituents is 1. The van der Waals surface area contributed by atoms with Crippen LogP contribution in [0.3, 0.4) is 0 Å². The maximum atomic E-state index is 13.1. The van der Waals surface area contributed by atoms with E-state index in [-0.39, 0.29) is 15.6 Å². The number of ether oxygens (including phenoxy) is 1. The van der Waals surface area contributed by atoms with Gasteiger partial charge in [0, 0.05) is 17.1 Å². The van der Waals surface area contributed by atoms with Crippen molar-refractivity contribution in [1.82, 2.24) is 15.0 Å². The van der Waals surface area contributed by atoms with Gasteiger partial charge < -0.3 is 10.1 Å². The molecule has 3 aromatic carbocycles. The van der Waals surface area contributed by atoms with Gasteiger partial charge in [-0.1, -0.05) is 35.3 Å². The third-order valence-corrected chi connectivity index (χ3v) is 7.40. The maximum Gasteiger partial charge on any atom is 0.287 e. The molecule has 176 valence electrons. The van der Waals surface area contributed by atoms with Crippen molar-refractivity contribution >= 4 is 72.9 Å². The smallest absolute Gasteiger partial charge is 0.287 e. The molecular formula is C23H15Cl2N5O4S. The van der Waals surface area contributed by atoms with Crippen LogP contribution in [0.4, 0.5) is 11.4 Å².